The molecule has 268 valence electrons. The zero-order chi connectivity index (χ0) is 36.2. The first-order valence-corrected chi connectivity index (χ1v) is 18.4. The zero-order valence-electron chi connectivity index (χ0n) is 29.0. The van der Waals surface area contributed by atoms with Gasteiger partial charge in [-0.05, 0) is 77.1 Å². The van der Waals surface area contributed by atoms with Crippen molar-refractivity contribution in [2.45, 2.75) is 76.1 Å². The number of aliphatic hydroxyl groups is 1. The Kier molecular flexibility index (Phi) is 13.8. The first-order chi connectivity index (χ1) is 24.7. The summed E-state index contributed by atoms with van der Waals surface area (Å²) >= 11 is 1.62. The Morgan fingerprint density at radius 2 is 1.51 bits per heavy atom. The second-order valence-corrected chi connectivity index (χ2v) is 14.0. The van der Waals surface area contributed by atoms with E-state index in [0.29, 0.717) is 25.3 Å². The van der Waals surface area contributed by atoms with E-state index in [-0.39, 0.29) is 42.1 Å². The molecule has 0 spiro atoms. The van der Waals surface area contributed by atoms with Gasteiger partial charge >= 0.3 is 5.97 Å². The molecule has 0 unspecified atom stereocenters. The van der Waals surface area contributed by atoms with Crippen LogP contribution in [0.1, 0.15) is 84.5 Å². The topological polar surface area (TPSA) is 134 Å². The van der Waals surface area contributed by atoms with Crippen LogP contribution in [0, 0.1) is 5.92 Å². The Bertz CT molecular complexity index is 1760. The number of hydrogen-bond donors (Lipinski definition) is 4. The number of thioether (sulfide) groups is 1. The molecule has 2 amide bonds. The lowest BCUT2D eigenvalue weighted by Crippen LogP contribution is -2.38. The van der Waals surface area contributed by atoms with E-state index in [9.17, 15) is 24.6 Å². The van der Waals surface area contributed by atoms with E-state index < -0.39 is 12.3 Å². The summed E-state index contributed by atoms with van der Waals surface area (Å²) in [7, 11) is 0. The van der Waals surface area contributed by atoms with Gasteiger partial charge in [-0.1, -0.05) is 74.0 Å². The highest BCUT2D eigenvalue weighted by Crippen LogP contribution is 2.43. The van der Waals surface area contributed by atoms with Gasteiger partial charge < -0.3 is 30.3 Å². The average molecular weight is 711 g/mol. The minimum atomic E-state index is -0.953. The van der Waals surface area contributed by atoms with Gasteiger partial charge in [0.1, 0.15) is 0 Å². The molecule has 0 aliphatic carbocycles. The number of carboxylic acid groups (broad SMARTS) is 1. The van der Waals surface area contributed by atoms with Crippen molar-refractivity contribution in [3.63, 3.8) is 0 Å². The van der Waals surface area contributed by atoms with E-state index in [0.717, 1.165) is 57.5 Å². The van der Waals surface area contributed by atoms with Gasteiger partial charge in [0.25, 0.3) is 0 Å². The maximum absolute atomic E-state index is 12.5. The molecule has 1 saturated heterocycles. The van der Waals surface area contributed by atoms with Crippen molar-refractivity contribution in [3.05, 3.63) is 125 Å². The molecule has 0 aromatic heterocycles. The van der Waals surface area contributed by atoms with Crippen LogP contribution in [0.25, 0.3) is 11.1 Å². The van der Waals surface area contributed by atoms with Gasteiger partial charge in [-0.25, -0.2) is 4.79 Å². The van der Waals surface area contributed by atoms with Crippen molar-refractivity contribution < 1.29 is 34.1 Å². The molecule has 0 radical (unpaired) electrons. The molecule has 1 fully saturated rings. The maximum Gasteiger partial charge on any atom is 0.335 e. The quantitative estimate of drug-likeness (QED) is 0.0697. The van der Waals surface area contributed by atoms with Gasteiger partial charge in [-0.2, -0.15) is 0 Å². The van der Waals surface area contributed by atoms with Crippen LogP contribution in [-0.2, 0) is 32.2 Å². The predicted octanol–water partition coefficient (Wildman–Crippen LogP) is 7.44. The van der Waals surface area contributed by atoms with Crippen molar-refractivity contribution in [1.29, 1.82) is 0 Å². The summed E-state index contributed by atoms with van der Waals surface area (Å²) in [6.07, 6.45) is 1.89. The number of unbranched alkanes of at least 4 members (excludes halogenated alkanes) is 2. The van der Waals surface area contributed by atoms with Crippen LogP contribution < -0.4 is 10.6 Å². The number of hydrogen-bond acceptors (Lipinski definition) is 7. The Morgan fingerprint density at radius 1 is 0.784 bits per heavy atom. The van der Waals surface area contributed by atoms with Crippen LogP contribution in [0.2, 0.25) is 0 Å². The molecular formula is C41H46N2O7S. The van der Waals surface area contributed by atoms with Crippen molar-refractivity contribution >= 4 is 29.5 Å². The number of aliphatic hydroxyl groups excluding tert-OH is 1. The number of nitrogens with one attached hydrogen (secondary N) is 2. The Balaban J connectivity index is 1.27. The van der Waals surface area contributed by atoms with Crippen molar-refractivity contribution in [2.75, 3.05) is 12.3 Å². The molecule has 1 heterocycles. The van der Waals surface area contributed by atoms with Gasteiger partial charge in [0.15, 0.2) is 6.29 Å². The first kappa shape index (κ1) is 37.8. The number of benzene rings is 4. The third kappa shape index (κ3) is 11.0. The normalized spacial score (nSPS) is 18.6. The highest BCUT2D eigenvalue weighted by molar-refractivity contribution is 7.99. The van der Waals surface area contributed by atoms with E-state index in [4.69, 9.17) is 9.47 Å². The number of carbonyl (C=O) groups is 3. The van der Waals surface area contributed by atoms with Crippen molar-refractivity contribution in [3.8, 4) is 11.1 Å². The number of ether oxygens (including phenoxy) is 2. The summed E-state index contributed by atoms with van der Waals surface area (Å²) < 4.78 is 13.4. The lowest BCUT2D eigenvalue weighted by Gasteiger charge is -2.41. The third-order valence-electron chi connectivity index (χ3n) is 9.00. The molecule has 4 N–H and O–H groups in total. The lowest BCUT2D eigenvalue weighted by atomic mass is 9.91. The van der Waals surface area contributed by atoms with E-state index in [2.05, 4.69) is 29.7 Å². The van der Waals surface area contributed by atoms with Gasteiger partial charge in [-0.15, -0.1) is 11.8 Å². The van der Waals surface area contributed by atoms with E-state index in [1.807, 2.05) is 72.8 Å². The number of rotatable bonds is 16. The fourth-order valence-corrected chi connectivity index (χ4v) is 7.12. The van der Waals surface area contributed by atoms with Crippen molar-refractivity contribution in [1.82, 2.24) is 10.6 Å². The SMILES string of the molecule is CC(=O)NCCCCCC(=O)NCc1cccc(-c2cccc([C@@H]3O[C@H](CSc4ccc(C(=O)O)cc4)[C@H](C)[C@H](c4ccc(CO)cc4)O3)c2)c1. The summed E-state index contributed by atoms with van der Waals surface area (Å²) in [5, 5.41) is 24.7. The minimum absolute atomic E-state index is 0.00540. The Hall–Kier alpha value is -4.48. The molecule has 10 heteroatoms. The fraction of sp³-hybridized carbons (Fsp3) is 0.341. The van der Waals surface area contributed by atoms with Crippen molar-refractivity contribution in [2.24, 2.45) is 5.92 Å². The average Bonchev–Trinajstić information content (AvgIpc) is 3.15. The molecule has 1 aliphatic heterocycles. The minimum Gasteiger partial charge on any atom is -0.478 e. The van der Waals surface area contributed by atoms with Gasteiger partial charge in [0.2, 0.25) is 11.8 Å². The fourth-order valence-electron chi connectivity index (χ4n) is 6.05. The number of carbonyl (C=O) groups excluding carboxylic acids is 2. The van der Waals surface area contributed by atoms with Crippen LogP contribution in [0.3, 0.4) is 0 Å². The predicted molar refractivity (Wildman–Crippen MR) is 198 cm³/mol. The molecule has 4 aromatic carbocycles. The maximum atomic E-state index is 12.5. The van der Waals surface area contributed by atoms with E-state index in [1.165, 1.54) is 6.92 Å². The third-order valence-corrected chi connectivity index (χ3v) is 10.1. The van der Waals surface area contributed by atoms with Crippen LogP contribution >= 0.6 is 11.8 Å². The largest absolute Gasteiger partial charge is 0.478 e. The number of carboxylic acids is 1. The molecule has 4 atom stereocenters. The highest BCUT2D eigenvalue weighted by atomic mass is 32.2. The van der Waals surface area contributed by atoms with Crippen LogP contribution in [-0.4, -0.2) is 46.4 Å². The molecule has 0 bridgehead atoms. The number of aromatic carboxylic acids is 1. The summed E-state index contributed by atoms with van der Waals surface area (Å²) in [5.41, 5.74) is 5.98. The molecule has 4 aromatic rings. The zero-order valence-corrected chi connectivity index (χ0v) is 29.9. The summed E-state index contributed by atoms with van der Waals surface area (Å²) in [5.74, 6) is -0.334. The standard InChI is InChI=1S/C41H46N2O7S/c1-27-37(26-51-36-19-17-32(18-20-36)40(47)48)49-41(50-39(27)31-15-13-29(25-44)14-16-31)35-11-7-10-34(23-35)33-9-6-8-30(22-33)24-43-38(46)12-4-3-5-21-42-28(2)45/h6-11,13-20,22-23,27,37,39,41,44H,3-5,12,21,24-26H2,1-2H3,(H,42,45)(H,43,46)(H,47,48)/t27-,37+,39+,41+/m0/s1. The molecule has 1 aliphatic rings. The van der Waals surface area contributed by atoms with Crippen LogP contribution in [0.5, 0.6) is 0 Å². The number of amides is 2. The van der Waals surface area contributed by atoms with E-state index >= 15 is 0 Å². The molecular weight excluding hydrogens is 665 g/mol. The smallest absolute Gasteiger partial charge is 0.335 e. The molecule has 5 rings (SSSR count). The second kappa shape index (κ2) is 18.7. The van der Waals surface area contributed by atoms with Gasteiger partial charge in [0.05, 0.1) is 24.4 Å². The lowest BCUT2D eigenvalue weighted by molar-refractivity contribution is -0.268. The summed E-state index contributed by atoms with van der Waals surface area (Å²) in [6, 6.07) is 30.9. The highest BCUT2D eigenvalue weighted by Gasteiger charge is 2.38. The first-order valence-electron chi connectivity index (χ1n) is 17.4. The van der Waals surface area contributed by atoms with Gasteiger partial charge in [-0.3, -0.25) is 9.59 Å². The summed E-state index contributed by atoms with van der Waals surface area (Å²) in [6.45, 7) is 4.65. The van der Waals surface area contributed by atoms with Gasteiger partial charge in [0, 0.05) is 48.6 Å². The molecule has 51 heavy (non-hydrogen) atoms. The molecule has 9 nitrogen and oxygen atoms in total. The summed E-state index contributed by atoms with van der Waals surface area (Å²) in [4.78, 5) is 35.7. The Morgan fingerprint density at radius 3 is 2.22 bits per heavy atom. The van der Waals surface area contributed by atoms with Crippen LogP contribution in [0.15, 0.2) is 102 Å². The molecule has 0 saturated carbocycles. The van der Waals surface area contributed by atoms with E-state index in [1.54, 1.807) is 23.9 Å². The van der Waals surface area contributed by atoms with Crippen LogP contribution in [0.4, 0.5) is 0 Å². The monoisotopic (exact) mass is 710 g/mol. The Labute approximate surface area is 303 Å². The second-order valence-electron chi connectivity index (χ2n) is 12.9.